The minimum absolute atomic E-state index is 1.09. The van der Waals surface area contributed by atoms with Crippen molar-refractivity contribution in [2.45, 2.75) is 4.90 Å². The number of aromatic nitrogens is 1. The van der Waals surface area contributed by atoms with Gasteiger partial charge in [0, 0.05) is 10.6 Å². The van der Waals surface area contributed by atoms with E-state index in [0.717, 1.165) is 11.3 Å². The minimum atomic E-state index is 1.09. The average molecular weight is 205 g/mol. The Balaban J connectivity index is 2.42. The predicted octanol–water partition coefficient (Wildman–Crippen LogP) is 3.42. The van der Waals surface area contributed by atoms with E-state index in [2.05, 4.69) is 29.3 Å². The van der Waals surface area contributed by atoms with Crippen LogP contribution in [0.1, 0.15) is 5.56 Å². The van der Waals surface area contributed by atoms with Gasteiger partial charge in [-0.2, -0.15) is 0 Å². The Morgan fingerprint density at radius 2 is 2.31 bits per heavy atom. The molecule has 0 amide bonds. The van der Waals surface area contributed by atoms with E-state index in [0.29, 0.717) is 0 Å². The molecule has 1 aliphatic heterocycles. The lowest BCUT2D eigenvalue weighted by atomic mass is 10.2. The van der Waals surface area contributed by atoms with Crippen LogP contribution in [0.25, 0.3) is 16.3 Å². The third-order valence-electron chi connectivity index (χ3n) is 2.11. The highest BCUT2D eigenvalue weighted by Gasteiger charge is 2.10. The molecule has 0 fully saturated rings. The molecule has 13 heavy (non-hydrogen) atoms. The third-order valence-corrected chi connectivity index (χ3v) is 4.18. The van der Waals surface area contributed by atoms with Gasteiger partial charge in [0.25, 0.3) is 0 Å². The van der Waals surface area contributed by atoms with Crippen molar-refractivity contribution in [1.82, 2.24) is 4.98 Å². The second-order valence-corrected chi connectivity index (χ2v) is 4.78. The molecule has 1 aromatic heterocycles. The molecule has 0 aliphatic carbocycles. The number of rotatable bonds is 0. The summed E-state index contributed by atoms with van der Waals surface area (Å²) in [4.78, 5) is 5.71. The molecule has 1 aromatic carbocycles. The van der Waals surface area contributed by atoms with Gasteiger partial charge in [-0.1, -0.05) is 18.2 Å². The zero-order valence-electron chi connectivity index (χ0n) is 6.86. The highest BCUT2D eigenvalue weighted by molar-refractivity contribution is 8.00. The van der Waals surface area contributed by atoms with Crippen LogP contribution in [0.2, 0.25) is 0 Å². The van der Waals surface area contributed by atoms with Crippen LogP contribution in [0.5, 0.6) is 0 Å². The highest BCUT2D eigenvalue weighted by atomic mass is 32.2. The smallest absolute Gasteiger partial charge is 0.0823 e. The number of benzene rings is 1. The molecule has 2 heterocycles. The molecule has 64 valence electrons. The van der Waals surface area contributed by atoms with Crippen molar-refractivity contribution in [3.63, 3.8) is 0 Å². The number of thioether (sulfide) groups is 1. The zero-order chi connectivity index (χ0) is 8.67. The minimum Gasteiger partial charge on any atom is -0.245 e. The molecule has 3 rings (SSSR count). The molecule has 0 atom stereocenters. The summed E-state index contributed by atoms with van der Waals surface area (Å²) in [6.07, 6.45) is 4.41. The number of hydrogen-bond acceptors (Lipinski definition) is 3. The van der Waals surface area contributed by atoms with Crippen molar-refractivity contribution in [2.75, 3.05) is 5.75 Å². The first-order valence-corrected chi connectivity index (χ1v) is 5.97. The summed E-state index contributed by atoms with van der Waals surface area (Å²) in [7, 11) is 0. The molecular formula is C10H7NS2. The quantitative estimate of drug-likeness (QED) is 0.653. The van der Waals surface area contributed by atoms with Gasteiger partial charge in [0.05, 0.1) is 15.7 Å². The number of hydrogen-bond donors (Lipinski definition) is 0. The molecule has 0 N–H and O–H groups in total. The van der Waals surface area contributed by atoms with Crippen molar-refractivity contribution >= 4 is 39.4 Å². The summed E-state index contributed by atoms with van der Waals surface area (Å²) in [5, 5.41) is 0. The van der Waals surface area contributed by atoms with Gasteiger partial charge in [0.1, 0.15) is 0 Å². The van der Waals surface area contributed by atoms with Crippen LogP contribution >= 0.6 is 23.1 Å². The summed E-state index contributed by atoms with van der Waals surface area (Å²) in [5.41, 5.74) is 4.39. The first-order chi connectivity index (χ1) is 6.45. The molecule has 0 radical (unpaired) electrons. The number of fused-ring (bicyclic) bond motifs is 3. The fourth-order valence-corrected chi connectivity index (χ4v) is 3.46. The Morgan fingerprint density at radius 3 is 3.31 bits per heavy atom. The SMILES string of the molecule is C1=Cc2ccc3ncsc3c2SC1. The Bertz CT molecular complexity index is 485. The lowest BCUT2D eigenvalue weighted by molar-refractivity contribution is 1.44. The molecule has 0 spiro atoms. The van der Waals surface area contributed by atoms with Gasteiger partial charge in [-0.3, -0.25) is 0 Å². The van der Waals surface area contributed by atoms with Gasteiger partial charge in [0.2, 0.25) is 0 Å². The van der Waals surface area contributed by atoms with E-state index in [9.17, 15) is 0 Å². The van der Waals surface area contributed by atoms with Crippen molar-refractivity contribution in [3.8, 4) is 0 Å². The summed E-state index contributed by atoms with van der Waals surface area (Å²) < 4.78 is 1.34. The van der Waals surface area contributed by atoms with Crippen LogP contribution in [-0.2, 0) is 0 Å². The van der Waals surface area contributed by atoms with Crippen LogP contribution in [0.3, 0.4) is 0 Å². The van der Waals surface area contributed by atoms with Crippen molar-refractivity contribution in [1.29, 1.82) is 0 Å². The van der Waals surface area contributed by atoms with Crippen LogP contribution in [0.4, 0.5) is 0 Å². The van der Waals surface area contributed by atoms with Crippen LogP contribution in [0, 0.1) is 0 Å². The predicted molar refractivity (Wildman–Crippen MR) is 59.4 cm³/mol. The molecule has 0 saturated heterocycles. The Hall–Kier alpha value is -0.800. The van der Waals surface area contributed by atoms with Crippen molar-refractivity contribution in [2.24, 2.45) is 0 Å². The van der Waals surface area contributed by atoms with Gasteiger partial charge in [-0.05, 0) is 11.6 Å². The van der Waals surface area contributed by atoms with E-state index in [1.807, 2.05) is 17.3 Å². The van der Waals surface area contributed by atoms with Gasteiger partial charge in [-0.25, -0.2) is 4.98 Å². The van der Waals surface area contributed by atoms with E-state index in [1.165, 1.54) is 15.2 Å². The van der Waals surface area contributed by atoms with Crippen LogP contribution < -0.4 is 0 Å². The summed E-state index contributed by atoms with van der Waals surface area (Å²) in [6.45, 7) is 0. The monoisotopic (exact) mass is 205 g/mol. The maximum Gasteiger partial charge on any atom is 0.0823 e. The Kier molecular flexibility index (Phi) is 1.67. The summed E-state index contributed by atoms with van der Waals surface area (Å²) in [5.74, 6) is 1.09. The lowest BCUT2D eigenvalue weighted by Gasteiger charge is -2.09. The molecule has 1 aliphatic rings. The maximum absolute atomic E-state index is 4.31. The molecule has 2 aromatic rings. The Morgan fingerprint density at radius 1 is 1.31 bits per heavy atom. The molecule has 0 bridgehead atoms. The summed E-state index contributed by atoms with van der Waals surface area (Å²) in [6, 6.07) is 4.25. The lowest BCUT2D eigenvalue weighted by Crippen LogP contribution is -1.86. The third kappa shape index (κ3) is 1.11. The van der Waals surface area contributed by atoms with Crippen LogP contribution in [0.15, 0.2) is 28.6 Å². The fraction of sp³-hybridized carbons (Fsp3) is 0.100. The van der Waals surface area contributed by atoms with Gasteiger partial charge in [0.15, 0.2) is 0 Å². The molecule has 3 heteroatoms. The van der Waals surface area contributed by atoms with E-state index in [4.69, 9.17) is 0 Å². The van der Waals surface area contributed by atoms with Gasteiger partial charge < -0.3 is 0 Å². The fourth-order valence-electron chi connectivity index (χ4n) is 1.51. The molecule has 0 saturated carbocycles. The summed E-state index contributed by atoms with van der Waals surface area (Å²) >= 11 is 3.64. The number of nitrogens with zero attached hydrogens (tertiary/aromatic N) is 1. The number of thiazole rings is 1. The topological polar surface area (TPSA) is 12.9 Å². The van der Waals surface area contributed by atoms with Crippen molar-refractivity contribution in [3.05, 3.63) is 29.3 Å². The van der Waals surface area contributed by atoms with Gasteiger partial charge >= 0.3 is 0 Å². The van der Waals surface area contributed by atoms with Gasteiger partial charge in [-0.15, -0.1) is 23.1 Å². The van der Waals surface area contributed by atoms with Crippen molar-refractivity contribution < 1.29 is 0 Å². The maximum atomic E-state index is 4.31. The second-order valence-electron chi connectivity index (χ2n) is 2.90. The average Bonchev–Trinajstić information content (AvgIpc) is 2.65. The van der Waals surface area contributed by atoms with E-state index >= 15 is 0 Å². The second kappa shape index (κ2) is 2.86. The zero-order valence-corrected chi connectivity index (χ0v) is 8.49. The molecule has 0 unspecified atom stereocenters. The normalized spacial score (nSPS) is 14.8. The van der Waals surface area contributed by atoms with E-state index in [1.54, 1.807) is 11.3 Å². The highest BCUT2D eigenvalue weighted by Crippen LogP contribution is 2.36. The molecular weight excluding hydrogens is 198 g/mol. The van der Waals surface area contributed by atoms with E-state index in [-0.39, 0.29) is 0 Å². The Labute approximate surface area is 84.5 Å². The largest absolute Gasteiger partial charge is 0.245 e. The first kappa shape index (κ1) is 7.59. The van der Waals surface area contributed by atoms with E-state index < -0.39 is 0 Å². The van der Waals surface area contributed by atoms with Crippen LogP contribution in [-0.4, -0.2) is 10.7 Å². The standard InChI is InChI=1S/C10H7NS2/c1-2-7-3-4-8-10(13-6-11-8)9(7)12-5-1/h1-4,6H,5H2. The molecule has 1 nitrogen and oxygen atoms in total. The first-order valence-electron chi connectivity index (χ1n) is 4.11.